The molecule has 0 fully saturated rings. The number of thiazole rings is 1. The molecule has 0 radical (unpaired) electrons. The van der Waals surface area contributed by atoms with Crippen molar-refractivity contribution in [2.45, 2.75) is 32.9 Å². The van der Waals surface area contributed by atoms with E-state index in [1.54, 1.807) is 30.6 Å². The van der Waals surface area contributed by atoms with Crippen LogP contribution in [0.4, 0.5) is 0 Å². The van der Waals surface area contributed by atoms with Gasteiger partial charge in [0.1, 0.15) is 16.5 Å². The van der Waals surface area contributed by atoms with Gasteiger partial charge in [0.15, 0.2) is 0 Å². The third-order valence-electron chi connectivity index (χ3n) is 3.18. The minimum Gasteiger partial charge on any atom is -0.508 e. The maximum Gasteiger partial charge on any atom is 0.120 e. The molecule has 2 aromatic rings. The monoisotopic (exact) mass is 292 g/mol. The quantitative estimate of drug-likeness (QED) is 0.858. The number of benzene rings is 1. The summed E-state index contributed by atoms with van der Waals surface area (Å²) in [5, 5.41) is 14.3. The van der Waals surface area contributed by atoms with Crippen LogP contribution in [0.2, 0.25) is 0 Å². The number of aromatic hydroxyl groups is 1. The molecule has 1 heterocycles. The Labute approximate surface area is 123 Å². The first-order chi connectivity index (χ1) is 9.63. The number of aromatic nitrogens is 1. The van der Waals surface area contributed by atoms with Gasteiger partial charge in [-0.2, -0.15) is 0 Å². The fraction of sp³-hybridized carbons (Fsp3) is 0.400. The smallest absolute Gasteiger partial charge is 0.120 e. The molecule has 108 valence electrons. The highest BCUT2D eigenvalue weighted by atomic mass is 32.1. The highest BCUT2D eigenvalue weighted by Gasteiger charge is 2.11. The summed E-state index contributed by atoms with van der Waals surface area (Å²) in [5.41, 5.74) is 0.823. The summed E-state index contributed by atoms with van der Waals surface area (Å²) in [6, 6.07) is 5.40. The molecule has 2 rings (SSSR count). The topological polar surface area (TPSA) is 54.4 Å². The van der Waals surface area contributed by atoms with Crippen LogP contribution in [0.1, 0.15) is 35.3 Å². The lowest BCUT2D eigenvalue weighted by Crippen LogP contribution is -2.18. The zero-order valence-electron chi connectivity index (χ0n) is 12.0. The number of phenols is 1. The van der Waals surface area contributed by atoms with E-state index < -0.39 is 0 Å². The number of nitrogens with one attached hydrogen (secondary N) is 1. The first-order valence-corrected chi connectivity index (χ1v) is 7.49. The van der Waals surface area contributed by atoms with Crippen LogP contribution in [0.25, 0.3) is 0 Å². The molecular formula is C15H20N2O2S. The van der Waals surface area contributed by atoms with Crippen molar-refractivity contribution in [2.75, 3.05) is 7.11 Å². The van der Waals surface area contributed by atoms with Gasteiger partial charge in [0, 0.05) is 23.2 Å². The molecule has 0 aliphatic rings. The predicted molar refractivity (Wildman–Crippen MR) is 81.4 cm³/mol. The van der Waals surface area contributed by atoms with Gasteiger partial charge in [-0.25, -0.2) is 4.98 Å². The van der Waals surface area contributed by atoms with Crippen molar-refractivity contribution in [3.05, 3.63) is 39.8 Å². The van der Waals surface area contributed by atoms with Crippen molar-refractivity contribution in [3.8, 4) is 11.5 Å². The minimum atomic E-state index is 0.158. The van der Waals surface area contributed by atoms with Crippen molar-refractivity contribution in [3.63, 3.8) is 0 Å². The molecule has 2 N–H and O–H groups in total. The second-order valence-corrected chi connectivity index (χ2v) is 5.76. The van der Waals surface area contributed by atoms with Gasteiger partial charge in [-0.1, -0.05) is 6.92 Å². The molecule has 1 atom stereocenters. The number of phenolic OH excluding ortho intramolecular Hbond substituents is 1. The van der Waals surface area contributed by atoms with Crippen LogP contribution in [0.15, 0.2) is 24.4 Å². The van der Waals surface area contributed by atoms with Gasteiger partial charge in [0.05, 0.1) is 13.2 Å². The predicted octanol–water partition coefficient (Wildman–Crippen LogP) is 3.27. The molecular weight excluding hydrogens is 272 g/mol. The van der Waals surface area contributed by atoms with Crippen LogP contribution in [-0.2, 0) is 13.0 Å². The third-order valence-corrected chi connectivity index (χ3v) is 4.50. The molecule has 0 saturated carbocycles. The molecule has 0 saturated heterocycles. The number of hydrogen-bond acceptors (Lipinski definition) is 5. The largest absolute Gasteiger partial charge is 0.508 e. The van der Waals surface area contributed by atoms with E-state index in [4.69, 9.17) is 4.74 Å². The van der Waals surface area contributed by atoms with Crippen molar-refractivity contribution in [1.29, 1.82) is 0 Å². The van der Waals surface area contributed by atoms with Crippen molar-refractivity contribution < 1.29 is 9.84 Å². The highest BCUT2D eigenvalue weighted by Crippen LogP contribution is 2.25. The summed E-state index contributed by atoms with van der Waals surface area (Å²) in [4.78, 5) is 5.71. The summed E-state index contributed by atoms with van der Waals surface area (Å²) >= 11 is 1.73. The second-order valence-electron chi connectivity index (χ2n) is 4.62. The molecule has 5 heteroatoms. The van der Waals surface area contributed by atoms with Crippen LogP contribution in [0, 0.1) is 0 Å². The van der Waals surface area contributed by atoms with E-state index >= 15 is 0 Å². The number of methoxy groups -OCH3 is 1. The maximum atomic E-state index is 9.85. The lowest BCUT2D eigenvalue weighted by atomic mass is 10.2. The summed E-state index contributed by atoms with van der Waals surface area (Å²) in [6.45, 7) is 4.78. The van der Waals surface area contributed by atoms with E-state index in [1.807, 2.05) is 12.3 Å². The van der Waals surface area contributed by atoms with Gasteiger partial charge in [0.2, 0.25) is 0 Å². The Morgan fingerprint density at radius 2 is 2.25 bits per heavy atom. The summed E-state index contributed by atoms with van der Waals surface area (Å²) < 4.78 is 5.17. The normalized spacial score (nSPS) is 12.3. The molecule has 4 nitrogen and oxygen atoms in total. The fourth-order valence-electron chi connectivity index (χ4n) is 1.87. The minimum absolute atomic E-state index is 0.158. The van der Waals surface area contributed by atoms with Gasteiger partial charge in [-0.05, 0) is 31.5 Å². The van der Waals surface area contributed by atoms with Crippen molar-refractivity contribution >= 4 is 11.3 Å². The first-order valence-electron chi connectivity index (χ1n) is 6.68. The number of hydrogen-bond donors (Lipinski definition) is 2. The van der Waals surface area contributed by atoms with E-state index in [-0.39, 0.29) is 11.8 Å². The fourth-order valence-corrected chi connectivity index (χ4v) is 2.75. The average molecular weight is 292 g/mol. The van der Waals surface area contributed by atoms with Crippen LogP contribution >= 0.6 is 11.3 Å². The van der Waals surface area contributed by atoms with Crippen LogP contribution in [0.3, 0.4) is 0 Å². The molecule has 20 heavy (non-hydrogen) atoms. The third kappa shape index (κ3) is 3.49. The molecule has 0 amide bonds. The Kier molecular flexibility index (Phi) is 4.98. The second kappa shape index (κ2) is 6.72. The Balaban J connectivity index is 2.00. The zero-order valence-corrected chi connectivity index (χ0v) is 12.8. The highest BCUT2D eigenvalue weighted by molar-refractivity contribution is 7.11. The Bertz CT molecular complexity index is 569. The van der Waals surface area contributed by atoms with E-state index in [9.17, 15) is 5.11 Å². The van der Waals surface area contributed by atoms with Gasteiger partial charge in [-0.15, -0.1) is 11.3 Å². The lowest BCUT2D eigenvalue weighted by molar-refractivity contribution is 0.409. The molecule has 0 aliphatic carbocycles. The number of ether oxygens (including phenoxy) is 1. The molecule has 1 aromatic carbocycles. The van der Waals surface area contributed by atoms with Crippen LogP contribution in [0.5, 0.6) is 11.5 Å². The van der Waals surface area contributed by atoms with Crippen LogP contribution < -0.4 is 10.1 Å². The summed E-state index contributed by atoms with van der Waals surface area (Å²) in [7, 11) is 1.62. The SMILES string of the molecule is CCc1cnc(C(C)NCc2cc(OC)ccc2O)s1. The standard InChI is InChI=1S/C15H20N2O2S/c1-4-13-9-17-15(20-13)10(2)16-8-11-7-12(19-3)5-6-14(11)18/h5-7,9-10,16,18H,4,8H2,1-3H3. The maximum absolute atomic E-state index is 9.85. The zero-order chi connectivity index (χ0) is 14.5. The molecule has 0 spiro atoms. The number of rotatable bonds is 6. The van der Waals surface area contributed by atoms with E-state index in [0.717, 1.165) is 22.7 Å². The molecule has 0 aliphatic heterocycles. The lowest BCUT2D eigenvalue weighted by Gasteiger charge is -2.13. The van der Waals surface area contributed by atoms with E-state index in [1.165, 1.54) is 4.88 Å². The van der Waals surface area contributed by atoms with Crippen molar-refractivity contribution in [1.82, 2.24) is 10.3 Å². The average Bonchev–Trinajstić information content (AvgIpc) is 2.95. The van der Waals surface area contributed by atoms with Crippen LogP contribution in [-0.4, -0.2) is 17.2 Å². The summed E-state index contributed by atoms with van der Waals surface area (Å²) in [5.74, 6) is 1.02. The molecule has 1 unspecified atom stereocenters. The summed E-state index contributed by atoms with van der Waals surface area (Å²) in [6.07, 6.45) is 2.95. The van der Waals surface area contributed by atoms with Gasteiger partial charge in [-0.3, -0.25) is 0 Å². The number of aryl methyl sites for hydroxylation is 1. The Morgan fingerprint density at radius 1 is 1.45 bits per heavy atom. The van der Waals surface area contributed by atoms with Gasteiger partial charge < -0.3 is 15.2 Å². The van der Waals surface area contributed by atoms with Crippen molar-refractivity contribution in [2.24, 2.45) is 0 Å². The number of nitrogens with zero attached hydrogens (tertiary/aromatic N) is 1. The Hall–Kier alpha value is -1.59. The van der Waals surface area contributed by atoms with E-state index in [2.05, 4.69) is 24.1 Å². The first kappa shape index (κ1) is 14.8. The van der Waals surface area contributed by atoms with E-state index in [0.29, 0.717) is 6.54 Å². The van der Waals surface area contributed by atoms with Gasteiger partial charge >= 0.3 is 0 Å². The molecule has 1 aromatic heterocycles. The molecule has 0 bridgehead atoms. The Morgan fingerprint density at radius 3 is 2.90 bits per heavy atom. The van der Waals surface area contributed by atoms with Gasteiger partial charge in [0.25, 0.3) is 0 Å².